The zero-order valence-electron chi connectivity index (χ0n) is 5.21. The van der Waals surface area contributed by atoms with Crippen LogP contribution in [0.3, 0.4) is 0 Å². The van der Waals surface area contributed by atoms with E-state index in [1.165, 1.54) is 0 Å². The van der Waals surface area contributed by atoms with Crippen molar-refractivity contribution in [2.24, 2.45) is 0 Å². The molecule has 0 saturated carbocycles. The van der Waals surface area contributed by atoms with Crippen molar-refractivity contribution in [3.63, 3.8) is 0 Å². The maximum absolute atomic E-state index is 8.70. The van der Waals surface area contributed by atoms with Crippen LogP contribution in [-0.4, -0.2) is 9.79 Å². The van der Waals surface area contributed by atoms with E-state index in [1.54, 1.807) is 0 Å². The van der Waals surface area contributed by atoms with Crippen molar-refractivity contribution >= 4 is 8.25 Å². The van der Waals surface area contributed by atoms with Crippen molar-refractivity contribution in [1.29, 1.82) is 0 Å². The van der Waals surface area contributed by atoms with Crippen LogP contribution in [0.1, 0.15) is 7.43 Å². The van der Waals surface area contributed by atoms with E-state index < -0.39 is 8.25 Å². The first kappa shape index (κ1) is 12.9. The number of hydrogen-bond acceptors (Lipinski definition) is 1. The minimum atomic E-state index is -2.87. The van der Waals surface area contributed by atoms with Crippen molar-refractivity contribution in [2.45, 2.75) is 7.43 Å². The van der Waals surface area contributed by atoms with Gasteiger partial charge in [0.05, 0.1) is 0 Å². The second-order valence-corrected chi connectivity index (χ2v) is 1.91. The van der Waals surface area contributed by atoms with E-state index in [2.05, 4.69) is 0 Å². The zero-order valence-corrected chi connectivity index (χ0v) is 6.11. The summed E-state index contributed by atoms with van der Waals surface area (Å²) in [7, 11) is -2.87. The molecule has 0 fully saturated rings. The highest BCUT2D eigenvalue weighted by Gasteiger charge is 1.93. The van der Waals surface area contributed by atoms with Crippen molar-refractivity contribution in [1.82, 2.24) is 0 Å². The summed E-state index contributed by atoms with van der Waals surface area (Å²) in [5, 5.41) is 0. The molecular formula is C7H12O3P+. The molecule has 0 aliphatic rings. The lowest BCUT2D eigenvalue weighted by Crippen LogP contribution is -1.47. The molecule has 62 valence electrons. The fourth-order valence-corrected chi connectivity index (χ4v) is 0.385. The van der Waals surface area contributed by atoms with E-state index in [1.807, 2.05) is 36.4 Å². The predicted octanol–water partition coefficient (Wildman–Crippen LogP) is 1.95. The molecule has 4 heteroatoms. The van der Waals surface area contributed by atoms with Crippen LogP contribution in [0.2, 0.25) is 0 Å². The lowest BCUT2D eigenvalue weighted by Gasteiger charge is -1.69. The molecule has 0 bridgehead atoms. The third kappa shape index (κ3) is 17.6. The lowest BCUT2D eigenvalue weighted by atomic mass is 10.4. The first-order valence-electron chi connectivity index (χ1n) is 2.58. The Bertz CT molecular complexity index is 146. The van der Waals surface area contributed by atoms with Crippen molar-refractivity contribution in [3.8, 4) is 0 Å². The van der Waals surface area contributed by atoms with E-state index in [4.69, 9.17) is 14.4 Å². The van der Waals surface area contributed by atoms with Gasteiger partial charge in [0.15, 0.2) is 0 Å². The predicted molar refractivity (Wildman–Crippen MR) is 45.2 cm³/mol. The molecule has 11 heavy (non-hydrogen) atoms. The molecule has 0 amide bonds. The molecule has 0 spiro atoms. The van der Waals surface area contributed by atoms with E-state index in [0.717, 1.165) is 0 Å². The van der Waals surface area contributed by atoms with Gasteiger partial charge in [-0.15, -0.1) is 9.79 Å². The molecule has 1 aromatic rings. The quantitative estimate of drug-likeness (QED) is 0.592. The molecule has 0 radical (unpaired) electrons. The molecule has 1 rings (SSSR count). The van der Waals surface area contributed by atoms with Gasteiger partial charge in [-0.05, 0) is 0 Å². The minimum absolute atomic E-state index is 0. The van der Waals surface area contributed by atoms with Gasteiger partial charge in [0.25, 0.3) is 0 Å². The molecule has 2 N–H and O–H groups in total. The Kier molecular flexibility index (Phi) is 10.8. The molecule has 0 aliphatic heterocycles. The Labute approximate surface area is 67.3 Å². The average Bonchev–Trinajstić information content (AvgIpc) is 1.90. The maximum atomic E-state index is 8.70. The van der Waals surface area contributed by atoms with Crippen LogP contribution in [0.5, 0.6) is 0 Å². The van der Waals surface area contributed by atoms with Crippen molar-refractivity contribution < 1.29 is 14.4 Å². The summed E-state index contributed by atoms with van der Waals surface area (Å²) in [6, 6.07) is 12.0. The Morgan fingerprint density at radius 3 is 1.00 bits per heavy atom. The second-order valence-electron chi connectivity index (χ2n) is 1.41. The summed E-state index contributed by atoms with van der Waals surface area (Å²) in [5.41, 5.74) is 0. The zero-order chi connectivity index (χ0) is 7.82. The summed E-state index contributed by atoms with van der Waals surface area (Å²) >= 11 is 0. The Morgan fingerprint density at radius 1 is 0.818 bits per heavy atom. The van der Waals surface area contributed by atoms with Gasteiger partial charge in [0, 0.05) is 4.57 Å². The minimum Gasteiger partial charge on any atom is -0.134 e. The third-order valence-electron chi connectivity index (χ3n) is 0.667. The molecular weight excluding hydrogens is 163 g/mol. The van der Waals surface area contributed by atoms with E-state index >= 15 is 0 Å². The van der Waals surface area contributed by atoms with Crippen molar-refractivity contribution in [2.75, 3.05) is 0 Å². The van der Waals surface area contributed by atoms with Crippen LogP contribution in [-0.2, 0) is 4.57 Å². The van der Waals surface area contributed by atoms with Crippen LogP contribution in [0.25, 0.3) is 0 Å². The van der Waals surface area contributed by atoms with Crippen LogP contribution in [0, 0.1) is 0 Å². The van der Waals surface area contributed by atoms with Gasteiger partial charge in [-0.2, -0.15) is 0 Å². The highest BCUT2D eigenvalue weighted by Crippen LogP contribution is 1.98. The number of rotatable bonds is 0. The van der Waals surface area contributed by atoms with Gasteiger partial charge in [-0.25, -0.2) is 0 Å². The average molecular weight is 175 g/mol. The molecule has 1 aromatic carbocycles. The molecule has 0 aliphatic carbocycles. The molecule has 0 atom stereocenters. The Balaban J connectivity index is 0. The van der Waals surface area contributed by atoms with Gasteiger partial charge in [0.2, 0.25) is 0 Å². The fraction of sp³-hybridized carbons (Fsp3) is 0.143. The summed E-state index contributed by atoms with van der Waals surface area (Å²) in [6.45, 7) is 0. The van der Waals surface area contributed by atoms with Gasteiger partial charge >= 0.3 is 8.25 Å². The van der Waals surface area contributed by atoms with Crippen LogP contribution < -0.4 is 0 Å². The molecule has 0 aromatic heterocycles. The van der Waals surface area contributed by atoms with Crippen molar-refractivity contribution in [3.05, 3.63) is 36.4 Å². The third-order valence-corrected chi connectivity index (χ3v) is 0.667. The standard InChI is InChI=1S/C6H6.CH4.HO3P/c1-2-4-6-5-3-1;;1-4(2)3/h1-6H;1H4;(H-,1,2,3)/p+1. The summed E-state index contributed by atoms with van der Waals surface area (Å²) in [6.07, 6.45) is 0. The first-order valence-corrected chi connectivity index (χ1v) is 3.75. The van der Waals surface area contributed by atoms with Crippen LogP contribution in [0.15, 0.2) is 36.4 Å². The fourth-order valence-electron chi connectivity index (χ4n) is 0.385. The normalized spacial score (nSPS) is 6.73. The highest BCUT2D eigenvalue weighted by molar-refractivity contribution is 7.30. The maximum Gasteiger partial charge on any atom is 0.692 e. The molecule has 3 nitrogen and oxygen atoms in total. The van der Waals surface area contributed by atoms with E-state index in [9.17, 15) is 0 Å². The highest BCUT2D eigenvalue weighted by atomic mass is 31.1. The topological polar surface area (TPSA) is 57.5 Å². The molecule has 0 saturated heterocycles. The van der Waals surface area contributed by atoms with E-state index in [-0.39, 0.29) is 7.43 Å². The van der Waals surface area contributed by atoms with Gasteiger partial charge in [0.1, 0.15) is 0 Å². The number of hydrogen-bond donors (Lipinski definition) is 2. The van der Waals surface area contributed by atoms with Gasteiger partial charge in [-0.1, -0.05) is 43.8 Å². The summed E-state index contributed by atoms with van der Waals surface area (Å²) < 4.78 is 8.70. The summed E-state index contributed by atoms with van der Waals surface area (Å²) in [4.78, 5) is 14.2. The number of benzene rings is 1. The molecule has 0 unspecified atom stereocenters. The second kappa shape index (κ2) is 9.24. The monoisotopic (exact) mass is 175 g/mol. The van der Waals surface area contributed by atoms with Gasteiger partial charge in [-0.3, -0.25) is 0 Å². The van der Waals surface area contributed by atoms with Gasteiger partial charge < -0.3 is 0 Å². The van der Waals surface area contributed by atoms with E-state index in [0.29, 0.717) is 0 Å². The largest absolute Gasteiger partial charge is 0.692 e. The SMILES string of the molecule is C.O=[P+](O)O.c1ccccc1. The lowest BCUT2D eigenvalue weighted by molar-refractivity contribution is 0.405. The van der Waals surface area contributed by atoms with Crippen LogP contribution in [0.4, 0.5) is 0 Å². The Hall–Kier alpha value is -0.760. The Morgan fingerprint density at radius 2 is 0.909 bits per heavy atom. The van der Waals surface area contributed by atoms with Crippen LogP contribution >= 0.6 is 8.25 Å². The molecule has 0 heterocycles. The first-order chi connectivity index (χ1) is 4.73. The smallest absolute Gasteiger partial charge is 0.134 e. The summed E-state index contributed by atoms with van der Waals surface area (Å²) in [5.74, 6) is 0.